The lowest BCUT2D eigenvalue weighted by Gasteiger charge is -2.11. The number of hydrazine groups is 1. The maximum Gasteiger partial charge on any atom is 0.262 e. The molecule has 1 saturated heterocycles. The van der Waals surface area contributed by atoms with Gasteiger partial charge in [-0.3, -0.25) is 15.6 Å². The van der Waals surface area contributed by atoms with E-state index in [1.54, 1.807) is 0 Å². The predicted molar refractivity (Wildman–Crippen MR) is 103 cm³/mol. The van der Waals surface area contributed by atoms with Gasteiger partial charge < -0.3 is 10.1 Å². The molecule has 1 heterocycles. The number of nitrogens with one attached hydrogen (secondary N) is 3. The highest BCUT2D eigenvalue weighted by molar-refractivity contribution is 5.92. The SMILES string of the molecule is O=C(COc1ccc2ccccc2c1)Nc1ccc(C2CCNN2)cc1. The van der Waals surface area contributed by atoms with Gasteiger partial charge in [-0.25, -0.2) is 0 Å². The molecule has 1 fully saturated rings. The van der Waals surface area contributed by atoms with Gasteiger partial charge in [0.25, 0.3) is 5.91 Å². The Bertz CT molecular complexity index is 903. The molecule has 5 heteroatoms. The molecule has 0 aliphatic carbocycles. The summed E-state index contributed by atoms with van der Waals surface area (Å²) in [5, 5.41) is 5.11. The second kappa shape index (κ2) is 7.56. The minimum absolute atomic E-state index is 0.0197. The lowest BCUT2D eigenvalue weighted by Crippen LogP contribution is -2.24. The molecule has 0 saturated carbocycles. The standard InChI is InChI=1S/C21H21N3O2/c25-21(14-26-19-10-7-15-3-1-2-4-17(15)13-19)23-18-8-5-16(6-9-18)20-11-12-22-24-20/h1-10,13,20,22,24H,11-12,14H2,(H,23,25). The van der Waals surface area contributed by atoms with Crippen LogP contribution in [-0.2, 0) is 4.79 Å². The fourth-order valence-electron chi connectivity index (χ4n) is 3.14. The molecule has 0 bridgehead atoms. The Kier molecular flexibility index (Phi) is 4.82. The van der Waals surface area contributed by atoms with Crippen LogP contribution in [0.5, 0.6) is 5.75 Å². The fraction of sp³-hybridized carbons (Fsp3) is 0.190. The fourth-order valence-corrected chi connectivity index (χ4v) is 3.14. The molecule has 5 nitrogen and oxygen atoms in total. The highest BCUT2D eigenvalue weighted by atomic mass is 16.5. The number of fused-ring (bicyclic) bond motifs is 1. The van der Waals surface area contributed by atoms with Crippen LogP contribution in [0.25, 0.3) is 10.8 Å². The first kappa shape index (κ1) is 16.6. The number of benzene rings is 3. The molecular weight excluding hydrogens is 326 g/mol. The van der Waals surface area contributed by atoms with E-state index in [9.17, 15) is 4.79 Å². The molecular formula is C21H21N3O2. The maximum atomic E-state index is 12.1. The van der Waals surface area contributed by atoms with Gasteiger partial charge in [0.2, 0.25) is 0 Å². The summed E-state index contributed by atoms with van der Waals surface area (Å²) in [6.07, 6.45) is 1.06. The Balaban J connectivity index is 1.33. The monoisotopic (exact) mass is 347 g/mol. The first-order valence-electron chi connectivity index (χ1n) is 8.78. The van der Waals surface area contributed by atoms with Crippen LogP contribution in [0.4, 0.5) is 5.69 Å². The van der Waals surface area contributed by atoms with Gasteiger partial charge in [-0.2, -0.15) is 0 Å². The third kappa shape index (κ3) is 3.85. The summed E-state index contributed by atoms with van der Waals surface area (Å²) in [5.41, 5.74) is 8.33. The summed E-state index contributed by atoms with van der Waals surface area (Å²) in [4.78, 5) is 12.1. The van der Waals surface area contributed by atoms with Crippen molar-refractivity contribution in [1.82, 2.24) is 10.9 Å². The summed E-state index contributed by atoms with van der Waals surface area (Å²) in [7, 11) is 0. The Labute approximate surface area is 152 Å². The number of anilines is 1. The summed E-state index contributed by atoms with van der Waals surface area (Å²) < 4.78 is 5.62. The van der Waals surface area contributed by atoms with Crippen LogP contribution in [0.2, 0.25) is 0 Å². The minimum atomic E-state index is -0.174. The van der Waals surface area contributed by atoms with Crippen LogP contribution >= 0.6 is 0 Å². The molecule has 3 aromatic carbocycles. The van der Waals surface area contributed by atoms with E-state index in [-0.39, 0.29) is 12.5 Å². The molecule has 1 amide bonds. The van der Waals surface area contributed by atoms with E-state index < -0.39 is 0 Å². The van der Waals surface area contributed by atoms with Gasteiger partial charge in [0.15, 0.2) is 6.61 Å². The van der Waals surface area contributed by atoms with Gasteiger partial charge in [-0.15, -0.1) is 0 Å². The van der Waals surface area contributed by atoms with Gasteiger partial charge >= 0.3 is 0 Å². The van der Waals surface area contributed by atoms with E-state index in [1.165, 1.54) is 5.56 Å². The lowest BCUT2D eigenvalue weighted by atomic mass is 10.1. The van der Waals surface area contributed by atoms with Crippen molar-refractivity contribution >= 4 is 22.4 Å². The highest BCUT2D eigenvalue weighted by Crippen LogP contribution is 2.22. The third-order valence-corrected chi connectivity index (χ3v) is 4.52. The summed E-state index contributed by atoms with van der Waals surface area (Å²) in [6.45, 7) is 0.948. The van der Waals surface area contributed by atoms with E-state index in [2.05, 4.69) is 16.2 Å². The van der Waals surface area contributed by atoms with Crippen molar-refractivity contribution in [3.05, 3.63) is 72.3 Å². The van der Waals surface area contributed by atoms with Gasteiger partial charge in [0, 0.05) is 18.3 Å². The van der Waals surface area contributed by atoms with Crippen LogP contribution in [0.3, 0.4) is 0 Å². The van der Waals surface area contributed by atoms with E-state index in [4.69, 9.17) is 4.74 Å². The first-order valence-corrected chi connectivity index (χ1v) is 8.78. The molecule has 3 aromatic rings. The normalized spacial score (nSPS) is 16.5. The van der Waals surface area contributed by atoms with Crippen molar-refractivity contribution in [2.75, 3.05) is 18.5 Å². The molecule has 1 aliphatic heterocycles. The third-order valence-electron chi connectivity index (χ3n) is 4.52. The summed E-state index contributed by atoms with van der Waals surface area (Å²) in [5.74, 6) is 0.514. The number of amides is 1. The number of carbonyl (C=O) groups is 1. The first-order chi connectivity index (χ1) is 12.8. The van der Waals surface area contributed by atoms with E-state index in [0.29, 0.717) is 11.8 Å². The maximum absolute atomic E-state index is 12.1. The predicted octanol–water partition coefficient (Wildman–Crippen LogP) is 3.40. The van der Waals surface area contributed by atoms with Gasteiger partial charge in [0.1, 0.15) is 5.75 Å². The average Bonchev–Trinajstić information content (AvgIpc) is 3.22. The summed E-state index contributed by atoms with van der Waals surface area (Å²) in [6, 6.07) is 22.1. The quantitative estimate of drug-likeness (QED) is 0.662. The molecule has 26 heavy (non-hydrogen) atoms. The molecule has 132 valence electrons. The number of rotatable bonds is 5. The zero-order valence-electron chi connectivity index (χ0n) is 14.4. The van der Waals surface area contributed by atoms with Crippen molar-refractivity contribution in [3.8, 4) is 5.75 Å². The molecule has 4 rings (SSSR count). The van der Waals surface area contributed by atoms with Crippen LogP contribution in [0, 0.1) is 0 Å². The molecule has 0 spiro atoms. The van der Waals surface area contributed by atoms with Crippen LogP contribution in [0.15, 0.2) is 66.7 Å². The van der Waals surface area contributed by atoms with Crippen molar-refractivity contribution in [3.63, 3.8) is 0 Å². The lowest BCUT2D eigenvalue weighted by molar-refractivity contribution is -0.118. The molecule has 1 atom stereocenters. The average molecular weight is 347 g/mol. The van der Waals surface area contributed by atoms with Crippen LogP contribution in [0.1, 0.15) is 18.0 Å². The molecule has 3 N–H and O–H groups in total. The zero-order chi connectivity index (χ0) is 17.8. The van der Waals surface area contributed by atoms with Crippen molar-refractivity contribution in [2.45, 2.75) is 12.5 Å². The smallest absolute Gasteiger partial charge is 0.262 e. The second-order valence-electron chi connectivity index (χ2n) is 6.38. The Morgan fingerprint density at radius 2 is 1.85 bits per heavy atom. The zero-order valence-corrected chi connectivity index (χ0v) is 14.4. The summed E-state index contributed by atoms with van der Waals surface area (Å²) >= 11 is 0. The topological polar surface area (TPSA) is 62.4 Å². The Hall–Kier alpha value is -2.89. The van der Waals surface area contributed by atoms with Crippen LogP contribution in [-0.4, -0.2) is 19.1 Å². The Morgan fingerprint density at radius 1 is 1.04 bits per heavy atom. The number of hydrogen-bond acceptors (Lipinski definition) is 4. The van der Waals surface area contributed by atoms with E-state index in [1.807, 2.05) is 66.7 Å². The second-order valence-corrected chi connectivity index (χ2v) is 6.38. The molecule has 1 aliphatic rings. The van der Waals surface area contributed by atoms with Crippen molar-refractivity contribution < 1.29 is 9.53 Å². The highest BCUT2D eigenvalue weighted by Gasteiger charge is 2.15. The number of hydrogen-bond donors (Lipinski definition) is 3. The van der Waals surface area contributed by atoms with Crippen molar-refractivity contribution in [1.29, 1.82) is 0 Å². The molecule has 1 unspecified atom stereocenters. The minimum Gasteiger partial charge on any atom is -0.484 e. The van der Waals surface area contributed by atoms with E-state index >= 15 is 0 Å². The largest absolute Gasteiger partial charge is 0.484 e. The molecule has 0 radical (unpaired) electrons. The van der Waals surface area contributed by atoms with E-state index in [0.717, 1.165) is 29.4 Å². The Morgan fingerprint density at radius 3 is 2.62 bits per heavy atom. The van der Waals surface area contributed by atoms with Gasteiger partial charge in [-0.05, 0) is 47.0 Å². The number of ether oxygens (including phenoxy) is 1. The van der Waals surface area contributed by atoms with Gasteiger partial charge in [0.05, 0.1) is 0 Å². The molecule has 0 aromatic heterocycles. The number of carbonyl (C=O) groups excluding carboxylic acids is 1. The van der Waals surface area contributed by atoms with Crippen LogP contribution < -0.4 is 20.9 Å². The van der Waals surface area contributed by atoms with Crippen molar-refractivity contribution in [2.24, 2.45) is 0 Å². The van der Waals surface area contributed by atoms with Gasteiger partial charge in [-0.1, -0.05) is 42.5 Å².